The van der Waals surface area contributed by atoms with E-state index in [9.17, 15) is 13.2 Å². The molecule has 1 aliphatic rings. The van der Waals surface area contributed by atoms with Crippen LogP contribution >= 0.6 is 0 Å². The van der Waals surface area contributed by atoms with Crippen molar-refractivity contribution in [2.75, 3.05) is 13.1 Å². The Labute approximate surface area is 119 Å². The van der Waals surface area contributed by atoms with Crippen LogP contribution in [0.5, 0.6) is 0 Å². The van der Waals surface area contributed by atoms with Crippen molar-refractivity contribution in [1.29, 1.82) is 0 Å². The molecule has 1 saturated heterocycles. The molecule has 1 aromatic rings. The van der Waals surface area contributed by atoms with E-state index in [1.54, 1.807) is 18.5 Å². The van der Waals surface area contributed by atoms with Crippen molar-refractivity contribution >= 4 is 16.0 Å². The Bertz CT molecular complexity index is 549. The molecule has 0 unspecified atom stereocenters. The fourth-order valence-corrected chi connectivity index (χ4v) is 3.13. The summed E-state index contributed by atoms with van der Waals surface area (Å²) in [6, 6.07) is 0. The maximum atomic E-state index is 12.0. The van der Waals surface area contributed by atoms with Gasteiger partial charge in [-0.2, -0.15) is 4.31 Å². The Kier molecular flexibility index (Phi) is 4.28. The summed E-state index contributed by atoms with van der Waals surface area (Å²) in [6.45, 7) is 1.75. The second-order valence-corrected chi connectivity index (χ2v) is 5.98. The summed E-state index contributed by atoms with van der Waals surface area (Å²) in [7, 11) is -1.93. The normalized spacial score (nSPS) is 17.0. The number of rotatable bonds is 3. The van der Waals surface area contributed by atoms with Gasteiger partial charge < -0.3 is 11.1 Å². The number of sulfonamides is 1. The molecule has 1 aliphatic heterocycles. The monoisotopic (exact) mass is 267 g/mol. The largest absolute Gasteiger partial charge is 1.00 e. The Balaban J connectivity index is 0.00000162. The minimum Gasteiger partial charge on any atom is -1.00 e. The SMILES string of the molecule is Cc1nc(S(=O)(=O)N2CC(C(=O)O)C2)cn1C.[H-].[Li+]. The van der Waals surface area contributed by atoms with E-state index in [0.29, 0.717) is 5.82 Å². The summed E-state index contributed by atoms with van der Waals surface area (Å²) < 4.78 is 26.8. The van der Waals surface area contributed by atoms with Gasteiger partial charge in [-0.25, -0.2) is 13.4 Å². The van der Waals surface area contributed by atoms with Gasteiger partial charge in [0.05, 0.1) is 5.92 Å². The number of aryl methyl sites for hydroxylation is 2. The quantitative estimate of drug-likeness (QED) is 0.575. The summed E-state index contributed by atoms with van der Waals surface area (Å²) in [5, 5.41) is 8.67. The molecule has 0 radical (unpaired) electrons. The van der Waals surface area contributed by atoms with Crippen LogP contribution in [0.15, 0.2) is 11.2 Å². The average Bonchev–Trinajstić information content (AvgIpc) is 2.43. The molecule has 0 amide bonds. The van der Waals surface area contributed by atoms with E-state index in [4.69, 9.17) is 5.11 Å². The van der Waals surface area contributed by atoms with Crippen LogP contribution in [0, 0.1) is 12.8 Å². The van der Waals surface area contributed by atoms with Crippen LogP contribution in [-0.2, 0) is 21.9 Å². The van der Waals surface area contributed by atoms with E-state index < -0.39 is 21.9 Å². The summed E-state index contributed by atoms with van der Waals surface area (Å²) in [5.74, 6) is -0.970. The molecule has 0 bridgehead atoms. The van der Waals surface area contributed by atoms with Gasteiger partial charge in [0.15, 0.2) is 5.03 Å². The third-order valence-corrected chi connectivity index (χ3v) is 4.59. The van der Waals surface area contributed by atoms with E-state index >= 15 is 0 Å². The van der Waals surface area contributed by atoms with Crippen molar-refractivity contribution in [3.8, 4) is 0 Å². The molecule has 0 aliphatic carbocycles. The van der Waals surface area contributed by atoms with Crippen molar-refractivity contribution in [3.05, 3.63) is 12.0 Å². The van der Waals surface area contributed by atoms with Crippen LogP contribution in [0.3, 0.4) is 0 Å². The third kappa shape index (κ3) is 2.47. The van der Waals surface area contributed by atoms with E-state index in [0.717, 1.165) is 4.31 Å². The van der Waals surface area contributed by atoms with E-state index in [1.165, 1.54) is 6.20 Å². The maximum absolute atomic E-state index is 12.0. The number of carboxylic acid groups (broad SMARTS) is 1. The number of aromatic nitrogens is 2. The molecule has 1 fully saturated rings. The number of carbonyl (C=O) groups is 1. The van der Waals surface area contributed by atoms with Gasteiger partial charge in [-0.1, -0.05) is 0 Å². The smallest absolute Gasteiger partial charge is 1.00 e. The number of nitrogens with zero attached hydrogens (tertiary/aromatic N) is 3. The number of imidazole rings is 1. The predicted molar refractivity (Wildman–Crippen MR) is 58.9 cm³/mol. The zero-order chi connectivity index (χ0) is 12.8. The first kappa shape index (κ1) is 15.2. The maximum Gasteiger partial charge on any atom is 1.00 e. The molecular weight excluding hydrogens is 253 g/mol. The van der Waals surface area contributed by atoms with Gasteiger partial charge >= 0.3 is 24.8 Å². The number of hydrogen-bond donors (Lipinski definition) is 1. The molecule has 2 heterocycles. The van der Waals surface area contributed by atoms with Crippen LogP contribution in [0.4, 0.5) is 0 Å². The van der Waals surface area contributed by atoms with Crippen LogP contribution in [-0.4, -0.2) is 46.4 Å². The predicted octanol–water partition coefficient (Wildman–Crippen LogP) is -3.45. The van der Waals surface area contributed by atoms with Crippen LogP contribution < -0.4 is 18.9 Å². The van der Waals surface area contributed by atoms with E-state index in [-0.39, 0.29) is 38.4 Å². The van der Waals surface area contributed by atoms with Gasteiger partial charge in [0.25, 0.3) is 10.0 Å². The first-order valence-electron chi connectivity index (χ1n) is 5.05. The fraction of sp³-hybridized carbons (Fsp3) is 0.556. The molecule has 2 rings (SSSR count). The summed E-state index contributed by atoms with van der Waals surface area (Å²) in [4.78, 5) is 14.5. The molecular formula is C9H14LiN3O4S. The minimum absolute atomic E-state index is 0. The summed E-state index contributed by atoms with van der Waals surface area (Å²) in [5.41, 5.74) is 0. The Morgan fingerprint density at radius 2 is 2.11 bits per heavy atom. The van der Waals surface area contributed by atoms with Crippen molar-refractivity contribution < 1.29 is 38.6 Å². The average molecular weight is 267 g/mol. The van der Waals surface area contributed by atoms with Crippen molar-refractivity contribution in [1.82, 2.24) is 13.9 Å². The first-order valence-corrected chi connectivity index (χ1v) is 6.49. The molecule has 0 spiro atoms. The molecule has 0 saturated carbocycles. The van der Waals surface area contributed by atoms with Crippen LogP contribution in [0.2, 0.25) is 0 Å². The third-order valence-electron chi connectivity index (χ3n) is 2.89. The van der Waals surface area contributed by atoms with Crippen molar-refractivity contribution in [3.63, 3.8) is 0 Å². The first-order chi connectivity index (χ1) is 7.82. The topological polar surface area (TPSA) is 92.5 Å². The fourth-order valence-electron chi connectivity index (χ4n) is 1.57. The van der Waals surface area contributed by atoms with Crippen LogP contribution in [0.25, 0.3) is 0 Å². The molecule has 0 aromatic carbocycles. The second-order valence-electron chi connectivity index (χ2n) is 4.09. The molecule has 96 valence electrons. The Morgan fingerprint density at radius 1 is 1.56 bits per heavy atom. The van der Waals surface area contributed by atoms with Gasteiger partial charge in [0.1, 0.15) is 5.82 Å². The minimum atomic E-state index is -3.63. The number of carboxylic acids is 1. The number of aliphatic carboxylic acids is 1. The molecule has 1 aromatic heterocycles. The van der Waals surface area contributed by atoms with Gasteiger partial charge in [-0.05, 0) is 6.92 Å². The van der Waals surface area contributed by atoms with E-state index in [2.05, 4.69) is 4.98 Å². The summed E-state index contributed by atoms with van der Waals surface area (Å²) in [6.07, 6.45) is 1.43. The van der Waals surface area contributed by atoms with Gasteiger partial charge in [-0.3, -0.25) is 4.79 Å². The van der Waals surface area contributed by atoms with Crippen molar-refractivity contribution in [2.45, 2.75) is 11.9 Å². The molecule has 9 heteroatoms. The number of hydrogen-bond acceptors (Lipinski definition) is 4. The summed E-state index contributed by atoms with van der Waals surface area (Å²) >= 11 is 0. The molecule has 0 atom stereocenters. The molecule has 1 N–H and O–H groups in total. The molecule has 7 nitrogen and oxygen atoms in total. The van der Waals surface area contributed by atoms with Crippen molar-refractivity contribution in [2.24, 2.45) is 13.0 Å². The van der Waals surface area contributed by atoms with E-state index in [1.807, 2.05) is 0 Å². The van der Waals surface area contributed by atoms with Gasteiger partial charge in [0.2, 0.25) is 0 Å². The Hall–Kier alpha value is -0.813. The molecule has 18 heavy (non-hydrogen) atoms. The zero-order valence-electron chi connectivity index (χ0n) is 11.5. The zero-order valence-corrected chi connectivity index (χ0v) is 11.3. The Morgan fingerprint density at radius 3 is 2.50 bits per heavy atom. The van der Waals surface area contributed by atoms with Gasteiger partial charge in [-0.15, -0.1) is 0 Å². The second kappa shape index (κ2) is 5.05. The van der Waals surface area contributed by atoms with Crippen LogP contribution in [0.1, 0.15) is 7.25 Å². The standard InChI is InChI=1S/C9H13N3O4S.Li.H/c1-6-10-8(5-11(6)2)17(15,16)12-3-7(4-12)9(13)14;;/h5,7H,3-4H2,1-2H3,(H,13,14);;/q;+1;-1. The van der Waals surface area contributed by atoms with Gasteiger partial charge in [0, 0.05) is 26.3 Å².